The van der Waals surface area contributed by atoms with Crippen LogP contribution in [0.1, 0.15) is 5.56 Å². The van der Waals surface area contributed by atoms with E-state index in [-0.39, 0.29) is 21.6 Å². The Morgan fingerprint density at radius 1 is 1.24 bits per heavy atom. The fourth-order valence-corrected chi connectivity index (χ4v) is 3.56. The van der Waals surface area contributed by atoms with Crippen molar-refractivity contribution >= 4 is 33.3 Å². The third-order valence-corrected chi connectivity index (χ3v) is 4.66. The van der Waals surface area contributed by atoms with Crippen LogP contribution in [-0.2, 0) is 10.0 Å². The molecule has 0 saturated carbocycles. The maximum absolute atomic E-state index is 11.5. The molecule has 0 aliphatic rings. The lowest BCUT2D eigenvalue weighted by Crippen LogP contribution is -2.14. The molecule has 21 heavy (non-hydrogen) atoms. The van der Waals surface area contributed by atoms with Gasteiger partial charge in [0.2, 0.25) is 10.0 Å². The smallest absolute Gasteiger partial charge is 0.253 e. The molecule has 0 saturated heterocycles. The number of hydrogen-bond donors (Lipinski definition) is 4. The molecule has 0 aliphatic heterocycles. The summed E-state index contributed by atoms with van der Waals surface area (Å²) in [5.41, 5.74) is 11.4. The minimum absolute atomic E-state index is 0.0643. The molecule has 1 aromatic heterocycles. The van der Waals surface area contributed by atoms with Crippen LogP contribution in [0.3, 0.4) is 0 Å². The van der Waals surface area contributed by atoms with E-state index in [1.165, 1.54) is 6.07 Å². The number of aromatic nitrogens is 2. The van der Waals surface area contributed by atoms with Crippen LogP contribution in [0.15, 0.2) is 37.9 Å². The van der Waals surface area contributed by atoms with E-state index in [9.17, 15) is 13.2 Å². The number of benzene rings is 1. The van der Waals surface area contributed by atoms with Crippen LogP contribution in [-0.4, -0.2) is 18.4 Å². The molecule has 10 heteroatoms. The summed E-state index contributed by atoms with van der Waals surface area (Å²) in [5.74, 6) is 0.0643. The Morgan fingerprint density at radius 3 is 2.48 bits per heavy atom. The molecule has 2 aromatic rings. The Morgan fingerprint density at radius 2 is 1.90 bits per heavy atom. The second-order valence-corrected chi connectivity index (χ2v) is 6.83. The predicted molar refractivity (Wildman–Crippen MR) is 80.4 cm³/mol. The van der Waals surface area contributed by atoms with Crippen LogP contribution >= 0.6 is 11.8 Å². The molecule has 0 bridgehead atoms. The molecule has 1 heterocycles. The highest BCUT2D eigenvalue weighted by Crippen LogP contribution is 2.32. The van der Waals surface area contributed by atoms with E-state index in [2.05, 4.69) is 9.97 Å². The van der Waals surface area contributed by atoms with Crippen molar-refractivity contribution in [3.8, 4) is 0 Å². The first kappa shape index (κ1) is 15.4. The third-order valence-electron chi connectivity index (χ3n) is 2.59. The van der Waals surface area contributed by atoms with E-state index in [1.807, 2.05) is 0 Å². The van der Waals surface area contributed by atoms with Crippen molar-refractivity contribution in [1.29, 1.82) is 0 Å². The monoisotopic (exact) mass is 327 g/mol. The zero-order valence-electron chi connectivity index (χ0n) is 11.0. The second-order valence-electron chi connectivity index (χ2n) is 4.26. The number of hydrogen-bond acceptors (Lipinski definition) is 7. The van der Waals surface area contributed by atoms with Crippen molar-refractivity contribution in [3.05, 3.63) is 34.1 Å². The number of H-pyrrole nitrogens is 1. The molecular formula is C11H13N5O3S2. The first-order valence-electron chi connectivity index (χ1n) is 5.64. The maximum Gasteiger partial charge on any atom is 0.253 e. The first-order valence-corrected chi connectivity index (χ1v) is 8.00. The van der Waals surface area contributed by atoms with Crippen molar-refractivity contribution in [2.45, 2.75) is 21.9 Å². The molecular weight excluding hydrogens is 314 g/mol. The number of nitrogens with two attached hydrogens (primary N) is 3. The van der Waals surface area contributed by atoms with Crippen molar-refractivity contribution in [1.82, 2.24) is 9.97 Å². The number of rotatable bonds is 3. The average Bonchev–Trinajstić information content (AvgIpc) is 2.30. The lowest BCUT2D eigenvalue weighted by atomic mass is 10.2. The summed E-state index contributed by atoms with van der Waals surface area (Å²) < 4.78 is 23.1. The Balaban J connectivity index is 2.55. The van der Waals surface area contributed by atoms with E-state index in [1.54, 1.807) is 13.0 Å². The Hall–Kier alpha value is -2.04. The minimum Gasteiger partial charge on any atom is -0.399 e. The van der Waals surface area contributed by atoms with E-state index in [0.29, 0.717) is 10.5 Å². The van der Waals surface area contributed by atoms with Crippen LogP contribution in [0.5, 0.6) is 0 Å². The van der Waals surface area contributed by atoms with Crippen molar-refractivity contribution in [2.24, 2.45) is 5.14 Å². The van der Waals surface area contributed by atoms with E-state index >= 15 is 0 Å². The third kappa shape index (κ3) is 3.54. The molecule has 0 fully saturated rings. The fourth-order valence-electron chi connectivity index (χ4n) is 1.69. The van der Waals surface area contributed by atoms with Gasteiger partial charge < -0.3 is 16.5 Å². The lowest BCUT2D eigenvalue weighted by molar-refractivity contribution is 0.597. The molecule has 2 rings (SSSR count). The van der Waals surface area contributed by atoms with Gasteiger partial charge in [-0.25, -0.2) is 18.5 Å². The number of nitrogens with zero attached hydrogens (tertiary/aromatic N) is 1. The quantitative estimate of drug-likeness (QED) is 0.457. The Kier molecular flexibility index (Phi) is 3.94. The molecule has 0 spiro atoms. The first-order chi connectivity index (χ1) is 9.66. The summed E-state index contributed by atoms with van der Waals surface area (Å²) in [4.78, 5) is 18.2. The van der Waals surface area contributed by atoms with Gasteiger partial charge in [0.15, 0.2) is 5.16 Å². The minimum atomic E-state index is -3.90. The number of aromatic amines is 1. The topological polar surface area (TPSA) is 158 Å². The van der Waals surface area contributed by atoms with Gasteiger partial charge in [0.25, 0.3) is 5.56 Å². The zero-order valence-corrected chi connectivity index (χ0v) is 12.6. The SMILES string of the molecule is Cc1c(Sc2nc(N)cc(=O)[nH]2)cc(N)cc1S(N)(=O)=O. The van der Waals surface area contributed by atoms with Gasteiger partial charge in [-0.05, 0) is 24.6 Å². The largest absolute Gasteiger partial charge is 0.399 e. The fraction of sp³-hybridized carbons (Fsp3) is 0.0909. The van der Waals surface area contributed by atoms with Crippen LogP contribution < -0.4 is 22.2 Å². The molecule has 7 N–H and O–H groups in total. The van der Waals surface area contributed by atoms with Crippen molar-refractivity contribution in [2.75, 3.05) is 11.5 Å². The standard InChI is InChI=1S/C11H13N5O3S2/c1-5-7(2-6(12)3-8(5)21(14,18)19)20-11-15-9(13)4-10(17)16-11/h2-4H,12H2,1H3,(H2,14,18,19)(H3,13,15,16,17). The number of primary sulfonamides is 1. The summed E-state index contributed by atoms with van der Waals surface area (Å²) in [7, 11) is -3.90. The van der Waals surface area contributed by atoms with E-state index < -0.39 is 15.6 Å². The van der Waals surface area contributed by atoms with Crippen molar-refractivity contribution < 1.29 is 8.42 Å². The summed E-state index contributed by atoms with van der Waals surface area (Å²) in [5, 5.41) is 5.38. The summed E-state index contributed by atoms with van der Waals surface area (Å²) in [6.07, 6.45) is 0. The highest BCUT2D eigenvalue weighted by molar-refractivity contribution is 7.99. The highest BCUT2D eigenvalue weighted by Gasteiger charge is 2.17. The number of nitrogen functional groups attached to an aromatic ring is 2. The van der Waals surface area contributed by atoms with Crippen LogP contribution in [0.2, 0.25) is 0 Å². The second kappa shape index (κ2) is 5.39. The lowest BCUT2D eigenvalue weighted by Gasteiger charge is -2.10. The molecule has 8 nitrogen and oxygen atoms in total. The molecule has 0 unspecified atom stereocenters. The molecule has 0 atom stereocenters. The van der Waals surface area contributed by atoms with Crippen molar-refractivity contribution in [3.63, 3.8) is 0 Å². The summed E-state index contributed by atoms with van der Waals surface area (Å²) in [6, 6.07) is 3.99. The number of nitrogens with one attached hydrogen (secondary N) is 1. The van der Waals surface area contributed by atoms with Crippen LogP contribution in [0.25, 0.3) is 0 Å². The normalized spacial score (nSPS) is 11.5. The van der Waals surface area contributed by atoms with E-state index in [0.717, 1.165) is 17.8 Å². The molecule has 0 radical (unpaired) electrons. The number of sulfonamides is 1. The highest BCUT2D eigenvalue weighted by atomic mass is 32.2. The molecule has 0 amide bonds. The average molecular weight is 327 g/mol. The summed E-state index contributed by atoms with van der Waals surface area (Å²) in [6.45, 7) is 1.59. The zero-order chi connectivity index (χ0) is 15.8. The Bertz CT molecular complexity index is 861. The Labute approximate surface area is 124 Å². The van der Waals surface area contributed by atoms with Gasteiger partial charge in [0, 0.05) is 16.6 Å². The maximum atomic E-state index is 11.5. The van der Waals surface area contributed by atoms with Gasteiger partial charge >= 0.3 is 0 Å². The van der Waals surface area contributed by atoms with E-state index in [4.69, 9.17) is 16.6 Å². The van der Waals surface area contributed by atoms with Crippen LogP contribution in [0.4, 0.5) is 11.5 Å². The van der Waals surface area contributed by atoms with Gasteiger partial charge in [-0.15, -0.1) is 0 Å². The van der Waals surface area contributed by atoms with Gasteiger partial charge in [-0.2, -0.15) is 0 Å². The molecule has 0 aliphatic carbocycles. The van der Waals surface area contributed by atoms with Gasteiger partial charge in [0.05, 0.1) is 4.90 Å². The van der Waals surface area contributed by atoms with Gasteiger partial charge in [0.1, 0.15) is 5.82 Å². The number of anilines is 2. The van der Waals surface area contributed by atoms with Gasteiger partial charge in [-0.1, -0.05) is 11.8 Å². The summed E-state index contributed by atoms with van der Waals surface area (Å²) >= 11 is 1.04. The molecule has 112 valence electrons. The molecule has 1 aromatic carbocycles. The van der Waals surface area contributed by atoms with Crippen LogP contribution in [0, 0.1) is 6.92 Å². The van der Waals surface area contributed by atoms with Gasteiger partial charge in [-0.3, -0.25) is 4.79 Å². The predicted octanol–water partition coefficient (Wildman–Crippen LogP) is 0.0413.